The lowest BCUT2D eigenvalue weighted by Crippen LogP contribution is -2.52. The maximum atomic E-state index is 13.6. The average molecular weight is 407 g/mol. The van der Waals surface area contributed by atoms with E-state index in [1.165, 1.54) is 19.3 Å². The molecule has 2 aromatic rings. The lowest BCUT2D eigenvalue weighted by Gasteiger charge is -2.43. The summed E-state index contributed by atoms with van der Waals surface area (Å²) in [6.07, 6.45) is 3.73. The van der Waals surface area contributed by atoms with E-state index in [1.54, 1.807) is 0 Å². The summed E-state index contributed by atoms with van der Waals surface area (Å²) >= 11 is 0. The number of nitrogens with zero attached hydrogens (tertiary/aromatic N) is 3. The molecule has 3 aliphatic rings. The van der Waals surface area contributed by atoms with Gasteiger partial charge in [0.1, 0.15) is 5.82 Å². The van der Waals surface area contributed by atoms with Crippen LogP contribution in [0, 0.1) is 16.7 Å². The summed E-state index contributed by atoms with van der Waals surface area (Å²) in [6, 6.07) is 10.5. The Balaban J connectivity index is 1.51. The highest BCUT2D eigenvalue weighted by atomic mass is 16.2. The van der Waals surface area contributed by atoms with Gasteiger partial charge in [-0.1, -0.05) is 58.0 Å². The number of hydrogen-bond acceptors (Lipinski definition) is 3. The van der Waals surface area contributed by atoms with Crippen molar-refractivity contribution in [2.75, 3.05) is 13.1 Å². The van der Waals surface area contributed by atoms with E-state index < -0.39 is 0 Å². The van der Waals surface area contributed by atoms with Crippen molar-refractivity contribution in [2.24, 2.45) is 16.7 Å². The van der Waals surface area contributed by atoms with Crippen LogP contribution in [0.4, 0.5) is 0 Å². The Hall–Kier alpha value is -2.14. The molecule has 30 heavy (non-hydrogen) atoms. The molecule has 3 atom stereocenters. The molecule has 1 aromatic carbocycles. The van der Waals surface area contributed by atoms with Crippen LogP contribution in [0.5, 0.6) is 0 Å². The molecule has 1 aliphatic heterocycles. The molecule has 5 nitrogen and oxygen atoms in total. The highest BCUT2D eigenvalue weighted by Crippen LogP contribution is 2.62. The normalized spacial score (nSPS) is 29.7. The van der Waals surface area contributed by atoms with Crippen LogP contribution < -0.4 is 5.32 Å². The van der Waals surface area contributed by atoms with Crippen molar-refractivity contribution >= 4 is 5.91 Å². The molecule has 2 bridgehead atoms. The number of nitrogens with one attached hydrogen (secondary N) is 1. The quantitative estimate of drug-likeness (QED) is 0.822. The summed E-state index contributed by atoms with van der Waals surface area (Å²) in [5, 5.41) is 3.47. The lowest BCUT2D eigenvalue weighted by molar-refractivity contribution is 0.0730. The maximum absolute atomic E-state index is 13.6. The fraction of sp³-hybridized carbons (Fsp3) is 0.600. The van der Waals surface area contributed by atoms with Gasteiger partial charge in [-0.3, -0.25) is 9.69 Å². The van der Waals surface area contributed by atoms with Crippen LogP contribution in [0.1, 0.15) is 63.1 Å². The molecule has 2 aliphatic carbocycles. The number of aromatic nitrogens is 2. The van der Waals surface area contributed by atoms with Gasteiger partial charge in [-0.05, 0) is 42.6 Å². The van der Waals surface area contributed by atoms with E-state index in [9.17, 15) is 4.79 Å². The van der Waals surface area contributed by atoms with E-state index in [0.717, 1.165) is 43.3 Å². The summed E-state index contributed by atoms with van der Waals surface area (Å²) in [7, 11) is 0. The van der Waals surface area contributed by atoms with Gasteiger partial charge < -0.3 is 9.88 Å². The Morgan fingerprint density at radius 2 is 1.97 bits per heavy atom. The number of carbonyl (C=O) groups is 1. The van der Waals surface area contributed by atoms with Crippen molar-refractivity contribution in [2.45, 2.75) is 66.1 Å². The predicted molar refractivity (Wildman–Crippen MR) is 119 cm³/mol. The van der Waals surface area contributed by atoms with Crippen molar-refractivity contribution in [3.8, 4) is 11.4 Å². The van der Waals surface area contributed by atoms with Crippen LogP contribution in [0.15, 0.2) is 30.3 Å². The van der Waals surface area contributed by atoms with Crippen LogP contribution in [0.3, 0.4) is 0 Å². The molecule has 2 fully saturated rings. The zero-order valence-corrected chi connectivity index (χ0v) is 18.7. The first kappa shape index (κ1) is 19.8. The smallest absolute Gasteiger partial charge is 0.272 e. The second-order valence-corrected chi connectivity index (χ2v) is 10.4. The van der Waals surface area contributed by atoms with Crippen molar-refractivity contribution in [3.63, 3.8) is 0 Å². The molecular formula is C25H34N4O. The summed E-state index contributed by atoms with van der Waals surface area (Å²) in [5.74, 6) is 1.63. The van der Waals surface area contributed by atoms with Gasteiger partial charge in [0.2, 0.25) is 0 Å². The minimum absolute atomic E-state index is 0.00531. The topological polar surface area (TPSA) is 50.2 Å². The molecule has 5 heteroatoms. The van der Waals surface area contributed by atoms with E-state index in [2.05, 4.69) is 54.6 Å². The van der Waals surface area contributed by atoms with Crippen molar-refractivity contribution < 1.29 is 4.79 Å². The third-order valence-electron chi connectivity index (χ3n) is 8.33. The van der Waals surface area contributed by atoms with Gasteiger partial charge >= 0.3 is 0 Å². The van der Waals surface area contributed by atoms with Gasteiger partial charge in [-0.15, -0.1) is 0 Å². The van der Waals surface area contributed by atoms with E-state index in [0.29, 0.717) is 11.6 Å². The van der Waals surface area contributed by atoms with E-state index in [1.807, 2.05) is 18.2 Å². The molecule has 0 spiro atoms. The molecule has 5 rings (SSSR count). The predicted octanol–water partition coefficient (Wildman–Crippen LogP) is 4.33. The monoisotopic (exact) mass is 406 g/mol. The first-order chi connectivity index (χ1) is 14.3. The van der Waals surface area contributed by atoms with Gasteiger partial charge in [0, 0.05) is 31.2 Å². The molecule has 1 amide bonds. The second kappa shape index (κ2) is 6.94. The molecule has 1 N–H and O–H groups in total. The van der Waals surface area contributed by atoms with E-state index >= 15 is 0 Å². The van der Waals surface area contributed by atoms with Gasteiger partial charge in [-0.25, -0.2) is 4.98 Å². The molecule has 0 saturated heterocycles. The number of carbonyl (C=O) groups excluding carboxylic acids is 1. The van der Waals surface area contributed by atoms with Gasteiger partial charge in [0.05, 0.1) is 5.69 Å². The van der Waals surface area contributed by atoms with Crippen LogP contribution in [-0.2, 0) is 13.1 Å². The standard InChI is InChI=1S/C25H34N4O/c1-5-28-13-14-29-19(16-28)20(26-21(29)17-9-7-6-8-10-17)22(30)27-23-24(2,3)18-11-12-25(23,4)15-18/h6-10,18,23H,5,11-16H2,1-4H3,(H,27,30). The zero-order chi connectivity index (χ0) is 21.1. The van der Waals surface area contributed by atoms with Crippen LogP contribution in [0.2, 0.25) is 0 Å². The Morgan fingerprint density at radius 1 is 1.20 bits per heavy atom. The SMILES string of the molecule is CCN1CCn2c(-c3ccccc3)nc(C(=O)NC3C4(C)CCC(C4)C3(C)C)c2C1. The van der Waals surface area contributed by atoms with Gasteiger partial charge in [0.25, 0.3) is 5.91 Å². The number of imidazole rings is 1. The third-order valence-corrected chi connectivity index (χ3v) is 8.33. The summed E-state index contributed by atoms with van der Waals surface area (Å²) in [5.41, 5.74) is 3.11. The van der Waals surface area contributed by atoms with Gasteiger partial charge in [-0.2, -0.15) is 0 Å². The molecule has 1 aromatic heterocycles. The number of fused-ring (bicyclic) bond motifs is 3. The summed E-state index contributed by atoms with van der Waals surface area (Å²) < 4.78 is 2.27. The van der Waals surface area contributed by atoms with Crippen molar-refractivity contribution in [3.05, 3.63) is 41.7 Å². The van der Waals surface area contributed by atoms with Crippen LogP contribution in [0.25, 0.3) is 11.4 Å². The first-order valence-corrected chi connectivity index (χ1v) is 11.5. The second-order valence-electron chi connectivity index (χ2n) is 10.4. The highest BCUT2D eigenvalue weighted by molar-refractivity contribution is 5.94. The molecule has 160 valence electrons. The fourth-order valence-corrected chi connectivity index (χ4v) is 6.54. The number of rotatable bonds is 4. The number of benzene rings is 1. The number of hydrogen-bond donors (Lipinski definition) is 1. The molecule has 0 radical (unpaired) electrons. The maximum Gasteiger partial charge on any atom is 0.272 e. The minimum Gasteiger partial charge on any atom is -0.347 e. The fourth-order valence-electron chi connectivity index (χ4n) is 6.54. The Labute approximate surface area is 179 Å². The Kier molecular flexibility index (Phi) is 4.58. The van der Waals surface area contributed by atoms with Crippen LogP contribution >= 0.6 is 0 Å². The number of likely N-dealkylation sites (N-methyl/N-ethyl adjacent to an activating group) is 1. The summed E-state index contributed by atoms with van der Waals surface area (Å²) in [6.45, 7) is 12.9. The average Bonchev–Trinajstić information content (AvgIpc) is 3.38. The Bertz CT molecular complexity index is 958. The van der Waals surface area contributed by atoms with E-state index in [-0.39, 0.29) is 22.8 Å². The van der Waals surface area contributed by atoms with Gasteiger partial charge in [0.15, 0.2) is 5.69 Å². The summed E-state index contributed by atoms with van der Waals surface area (Å²) in [4.78, 5) is 20.9. The zero-order valence-electron chi connectivity index (χ0n) is 18.7. The number of amides is 1. The largest absolute Gasteiger partial charge is 0.347 e. The first-order valence-electron chi connectivity index (χ1n) is 11.5. The molecule has 2 saturated carbocycles. The van der Waals surface area contributed by atoms with E-state index in [4.69, 9.17) is 4.98 Å². The third kappa shape index (κ3) is 2.93. The molecular weight excluding hydrogens is 372 g/mol. The lowest BCUT2D eigenvalue weighted by atomic mass is 9.68. The van der Waals surface area contributed by atoms with Crippen molar-refractivity contribution in [1.82, 2.24) is 19.8 Å². The highest BCUT2D eigenvalue weighted by Gasteiger charge is 2.59. The Morgan fingerprint density at radius 3 is 2.63 bits per heavy atom. The van der Waals surface area contributed by atoms with Crippen LogP contribution in [-0.4, -0.2) is 39.5 Å². The molecule has 2 heterocycles. The molecule has 3 unspecified atom stereocenters. The van der Waals surface area contributed by atoms with Crippen molar-refractivity contribution in [1.29, 1.82) is 0 Å². The minimum atomic E-state index is 0.00531.